The second kappa shape index (κ2) is 8.90. The summed E-state index contributed by atoms with van der Waals surface area (Å²) in [4.78, 5) is 2.16. The number of nitrogens with zero attached hydrogens (tertiary/aromatic N) is 4. The van der Waals surface area contributed by atoms with Crippen molar-refractivity contribution in [2.45, 2.75) is 57.1 Å². The van der Waals surface area contributed by atoms with Gasteiger partial charge in [0.05, 0.1) is 22.8 Å². The van der Waals surface area contributed by atoms with E-state index in [4.69, 9.17) is 5.10 Å². The molecule has 0 atom stereocenters. The highest BCUT2D eigenvalue weighted by Crippen LogP contribution is 2.30. The molecule has 1 aromatic carbocycles. The Kier molecular flexibility index (Phi) is 6.86. The van der Waals surface area contributed by atoms with Crippen LogP contribution in [0.5, 0.6) is 0 Å². The number of likely N-dealkylation sites (tertiary alicyclic amines) is 1. The predicted octanol–water partition coefficient (Wildman–Crippen LogP) is 3.51. The molecule has 2 aromatic rings. The van der Waals surface area contributed by atoms with Crippen molar-refractivity contribution in [2.24, 2.45) is 0 Å². The highest BCUT2D eigenvalue weighted by atomic mass is 35.5. The number of hydrogen-bond acceptors (Lipinski definition) is 4. The average Bonchev–Trinajstić information content (AvgIpc) is 3.32. The third-order valence-corrected chi connectivity index (χ3v) is 7.57. The van der Waals surface area contributed by atoms with Gasteiger partial charge in [0.1, 0.15) is 0 Å². The third kappa shape index (κ3) is 4.26. The molecular weight excluding hydrogens is 434 g/mol. The normalized spacial score (nSPS) is 17.9. The van der Waals surface area contributed by atoms with Crippen molar-refractivity contribution >= 4 is 22.4 Å². The lowest BCUT2D eigenvalue weighted by molar-refractivity contribution is 0.323. The molecule has 1 fully saturated rings. The monoisotopic (exact) mass is 460 g/mol. The number of halogens is 3. The highest BCUT2D eigenvalue weighted by Gasteiger charge is 2.33. The van der Waals surface area contributed by atoms with Crippen LogP contribution in [0.3, 0.4) is 0 Å². The van der Waals surface area contributed by atoms with Gasteiger partial charge < -0.3 is 0 Å². The first-order valence-electron chi connectivity index (χ1n) is 10.0. The fourth-order valence-corrected chi connectivity index (χ4v) is 5.61. The minimum Gasteiger partial charge on any atom is -0.297 e. The van der Waals surface area contributed by atoms with Crippen molar-refractivity contribution in [2.75, 3.05) is 19.6 Å². The van der Waals surface area contributed by atoms with Crippen molar-refractivity contribution in [1.29, 1.82) is 0 Å². The van der Waals surface area contributed by atoms with E-state index in [0.29, 0.717) is 13.0 Å². The first-order valence-corrected chi connectivity index (χ1v) is 11.5. The van der Waals surface area contributed by atoms with Gasteiger partial charge in [-0.1, -0.05) is 0 Å². The molecule has 3 heterocycles. The van der Waals surface area contributed by atoms with Crippen LogP contribution in [0.2, 0.25) is 0 Å². The van der Waals surface area contributed by atoms with E-state index in [0.717, 1.165) is 54.8 Å². The van der Waals surface area contributed by atoms with Crippen LogP contribution in [0.1, 0.15) is 49.7 Å². The fraction of sp³-hybridized carbons (Fsp3) is 0.550. The topological polar surface area (TPSA) is 58.4 Å². The molecule has 1 saturated heterocycles. The van der Waals surface area contributed by atoms with Crippen LogP contribution < -0.4 is 0 Å². The first-order chi connectivity index (χ1) is 13.8. The third-order valence-electron chi connectivity index (χ3n) is 5.73. The van der Waals surface area contributed by atoms with Crippen molar-refractivity contribution in [1.82, 2.24) is 19.0 Å². The predicted molar refractivity (Wildman–Crippen MR) is 112 cm³/mol. The molecular formula is C20H27ClF2N4O2S. The minimum atomic E-state index is -3.92. The number of sulfonamides is 1. The van der Waals surface area contributed by atoms with E-state index in [-0.39, 0.29) is 29.9 Å². The van der Waals surface area contributed by atoms with Crippen molar-refractivity contribution in [3.63, 3.8) is 0 Å². The zero-order valence-electron chi connectivity index (χ0n) is 17.1. The van der Waals surface area contributed by atoms with Gasteiger partial charge >= 0.3 is 0 Å². The Balaban J connectivity index is 0.00000256. The Bertz CT molecular complexity index is 1020. The molecule has 166 valence electrons. The van der Waals surface area contributed by atoms with Crippen molar-refractivity contribution in [3.05, 3.63) is 46.8 Å². The number of rotatable bonds is 5. The molecule has 1 aromatic heterocycles. The molecule has 6 nitrogen and oxygen atoms in total. The maximum absolute atomic E-state index is 13.6. The summed E-state index contributed by atoms with van der Waals surface area (Å²) < 4.78 is 56.1. The molecule has 30 heavy (non-hydrogen) atoms. The van der Waals surface area contributed by atoms with E-state index < -0.39 is 21.7 Å². The molecule has 0 bridgehead atoms. The van der Waals surface area contributed by atoms with E-state index in [1.807, 2.05) is 18.5 Å². The van der Waals surface area contributed by atoms with Crippen LogP contribution in [-0.2, 0) is 29.5 Å². The van der Waals surface area contributed by atoms with Gasteiger partial charge in [0, 0.05) is 24.7 Å². The summed E-state index contributed by atoms with van der Waals surface area (Å²) in [6.07, 6.45) is 2.97. The van der Waals surface area contributed by atoms with E-state index in [1.54, 1.807) is 0 Å². The maximum Gasteiger partial charge on any atom is 0.243 e. The smallest absolute Gasteiger partial charge is 0.243 e. The van der Waals surface area contributed by atoms with E-state index in [9.17, 15) is 17.2 Å². The van der Waals surface area contributed by atoms with Gasteiger partial charge in [-0.05, 0) is 64.4 Å². The van der Waals surface area contributed by atoms with Crippen LogP contribution in [0.25, 0.3) is 0 Å². The standard InChI is InChI=1S/C20H26F2N4O2S.ClH/c1-14(2)26-20-13-25(29(27,28)15-5-6-17(21)18(22)11-15)10-7-16(20)19(23-26)12-24-8-3-4-9-24;/h5-6,11,14H,3-4,7-10,12-13H2,1-2H3;1H. The van der Waals surface area contributed by atoms with E-state index >= 15 is 0 Å². The second-order valence-electron chi connectivity index (χ2n) is 8.06. The molecule has 0 unspecified atom stereocenters. The maximum atomic E-state index is 13.6. The molecule has 2 aliphatic rings. The zero-order valence-corrected chi connectivity index (χ0v) is 18.8. The summed E-state index contributed by atoms with van der Waals surface area (Å²) in [7, 11) is -3.92. The molecule has 0 aliphatic carbocycles. The Hall–Kier alpha value is -1.55. The molecule has 0 N–H and O–H groups in total. The molecule has 0 saturated carbocycles. The van der Waals surface area contributed by atoms with Crippen LogP contribution in [-0.4, -0.2) is 47.0 Å². The SMILES string of the molecule is CC(C)n1nc(CN2CCCC2)c2c1CN(S(=O)(=O)c1ccc(F)c(F)c1)CC2.Cl. The molecule has 0 amide bonds. The quantitative estimate of drug-likeness (QED) is 0.685. The van der Waals surface area contributed by atoms with Gasteiger partial charge in [-0.25, -0.2) is 17.2 Å². The van der Waals surface area contributed by atoms with Gasteiger partial charge in [-0.2, -0.15) is 9.40 Å². The summed E-state index contributed by atoms with van der Waals surface area (Å²) in [5.41, 5.74) is 3.05. The number of fused-ring (bicyclic) bond motifs is 1. The van der Waals surface area contributed by atoms with Gasteiger partial charge in [0.2, 0.25) is 10.0 Å². The van der Waals surface area contributed by atoms with E-state index in [2.05, 4.69) is 4.90 Å². The van der Waals surface area contributed by atoms with Crippen LogP contribution >= 0.6 is 12.4 Å². The molecule has 10 heteroatoms. The summed E-state index contributed by atoms with van der Waals surface area (Å²) in [6, 6.07) is 2.81. The number of aromatic nitrogens is 2. The Morgan fingerprint density at radius 3 is 2.43 bits per heavy atom. The zero-order chi connectivity index (χ0) is 20.8. The number of hydrogen-bond donors (Lipinski definition) is 0. The largest absolute Gasteiger partial charge is 0.297 e. The fourth-order valence-electron chi connectivity index (χ4n) is 4.19. The summed E-state index contributed by atoms with van der Waals surface area (Å²) in [6.45, 7) is 7.45. The number of benzene rings is 1. The van der Waals surface area contributed by atoms with Crippen LogP contribution in [0.15, 0.2) is 23.1 Å². The van der Waals surface area contributed by atoms with Gasteiger partial charge in [0.25, 0.3) is 0 Å². The van der Waals surface area contributed by atoms with E-state index in [1.165, 1.54) is 17.1 Å². The van der Waals surface area contributed by atoms with Crippen molar-refractivity contribution < 1.29 is 17.2 Å². The molecule has 4 rings (SSSR count). The summed E-state index contributed by atoms with van der Waals surface area (Å²) in [5.74, 6) is -2.22. The van der Waals surface area contributed by atoms with Crippen LogP contribution in [0.4, 0.5) is 8.78 Å². The van der Waals surface area contributed by atoms with Crippen molar-refractivity contribution in [3.8, 4) is 0 Å². The van der Waals surface area contributed by atoms with Gasteiger partial charge in [-0.15, -0.1) is 12.4 Å². The van der Waals surface area contributed by atoms with Crippen LogP contribution in [0, 0.1) is 11.6 Å². The van der Waals surface area contributed by atoms with Gasteiger partial charge in [0.15, 0.2) is 11.6 Å². The lowest BCUT2D eigenvalue weighted by atomic mass is 10.1. The molecule has 0 spiro atoms. The average molecular weight is 461 g/mol. The Morgan fingerprint density at radius 2 is 1.80 bits per heavy atom. The molecule has 2 aliphatic heterocycles. The lowest BCUT2D eigenvalue weighted by Gasteiger charge is -2.28. The first kappa shape index (κ1) is 23.1. The minimum absolute atomic E-state index is 0. The summed E-state index contributed by atoms with van der Waals surface area (Å²) in [5, 5.41) is 4.81. The molecule has 0 radical (unpaired) electrons. The van der Waals surface area contributed by atoms with Gasteiger partial charge in [-0.3, -0.25) is 9.58 Å². The highest BCUT2D eigenvalue weighted by molar-refractivity contribution is 7.89. The lowest BCUT2D eigenvalue weighted by Crippen LogP contribution is -2.37. The second-order valence-corrected chi connectivity index (χ2v) is 10.00. The summed E-state index contributed by atoms with van der Waals surface area (Å²) >= 11 is 0. The Labute approximate surface area is 182 Å². The Morgan fingerprint density at radius 1 is 1.10 bits per heavy atom.